The quantitative estimate of drug-likeness (QED) is 0.846. The van der Waals surface area contributed by atoms with E-state index in [1.807, 2.05) is 19.1 Å². The molecule has 0 saturated carbocycles. The fraction of sp³-hybridized carbons (Fsp3) is 0.167. The second kappa shape index (κ2) is 4.79. The predicted molar refractivity (Wildman–Crippen MR) is 65.7 cm³/mol. The van der Waals surface area contributed by atoms with E-state index in [4.69, 9.17) is 4.74 Å². The lowest BCUT2D eigenvalue weighted by molar-refractivity contribution is 0.414. The van der Waals surface area contributed by atoms with E-state index in [0.717, 1.165) is 10.0 Å². The van der Waals surface area contributed by atoms with E-state index >= 15 is 0 Å². The first kappa shape index (κ1) is 12.0. The van der Waals surface area contributed by atoms with Gasteiger partial charge in [0.15, 0.2) is 0 Å². The lowest BCUT2D eigenvalue weighted by Crippen LogP contribution is -1.97. The number of ether oxygens (including phenoxy) is 1. The topological polar surface area (TPSA) is 35.0 Å². The molecule has 0 atom stereocenters. The first-order valence-corrected chi connectivity index (χ1v) is 5.78. The molecule has 0 saturated heterocycles. The SMILES string of the molecule is Cc1cc(Br)ccc1Oc1ncnc(C)c1F. The Morgan fingerprint density at radius 2 is 2.00 bits per heavy atom. The third kappa shape index (κ3) is 2.61. The van der Waals surface area contributed by atoms with Crippen LogP contribution in [0.4, 0.5) is 4.39 Å². The molecule has 0 amide bonds. The zero-order valence-electron chi connectivity index (χ0n) is 9.37. The van der Waals surface area contributed by atoms with Crippen molar-refractivity contribution in [2.24, 2.45) is 0 Å². The molecule has 0 unspecified atom stereocenters. The number of rotatable bonds is 2. The van der Waals surface area contributed by atoms with Crippen LogP contribution < -0.4 is 4.74 Å². The van der Waals surface area contributed by atoms with Gasteiger partial charge in [-0.1, -0.05) is 15.9 Å². The van der Waals surface area contributed by atoms with E-state index < -0.39 is 5.82 Å². The van der Waals surface area contributed by atoms with Crippen LogP contribution in [0.1, 0.15) is 11.3 Å². The Morgan fingerprint density at radius 3 is 2.71 bits per heavy atom. The second-order valence-electron chi connectivity index (χ2n) is 3.59. The highest BCUT2D eigenvalue weighted by molar-refractivity contribution is 9.10. The van der Waals surface area contributed by atoms with Crippen LogP contribution in [0.25, 0.3) is 0 Å². The lowest BCUT2D eigenvalue weighted by Gasteiger charge is -2.09. The largest absolute Gasteiger partial charge is 0.436 e. The molecule has 0 N–H and O–H groups in total. The highest BCUT2D eigenvalue weighted by Crippen LogP contribution is 2.27. The summed E-state index contributed by atoms with van der Waals surface area (Å²) in [5.41, 5.74) is 1.17. The normalized spacial score (nSPS) is 10.4. The average Bonchev–Trinajstić information content (AvgIpc) is 2.28. The molecule has 0 radical (unpaired) electrons. The minimum Gasteiger partial charge on any atom is -0.436 e. The number of benzene rings is 1. The zero-order valence-corrected chi connectivity index (χ0v) is 11.0. The molecule has 1 aromatic carbocycles. The van der Waals surface area contributed by atoms with Gasteiger partial charge < -0.3 is 4.74 Å². The summed E-state index contributed by atoms with van der Waals surface area (Å²) in [6.07, 6.45) is 1.28. The minimum atomic E-state index is -0.533. The van der Waals surface area contributed by atoms with Gasteiger partial charge in [0, 0.05) is 4.47 Å². The predicted octanol–water partition coefficient (Wildman–Crippen LogP) is 3.79. The summed E-state index contributed by atoms with van der Waals surface area (Å²) >= 11 is 3.35. The van der Waals surface area contributed by atoms with Crippen LogP contribution in [-0.4, -0.2) is 9.97 Å². The highest BCUT2D eigenvalue weighted by Gasteiger charge is 2.11. The average molecular weight is 297 g/mol. The Labute approximate surface area is 107 Å². The van der Waals surface area contributed by atoms with Gasteiger partial charge in [-0.25, -0.2) is 4.98 Å². The number of aryl methyl sites for hydroxylation is 2. The Balaban J connectivity index is 2.35. The smallest absolute Gasteiger partial charge is 0.259 e. The van der Waals surface area contributed by atoms with Crippen LogP contribution in [0, 0.1) is 19.7 Å². The third-order valence-corrected chi connectivity index (χ3v) is 2.77. The van der Waals surface area contributed by atoms with Gasteiger partial charge in [0.05, 0.1) is 5.69 Å². The van der Waals surface area contributed by atoms with Crippen molar-refractivity contribution in [1.29, 1.82) is 0 Å². The van der Waals surface area contributed by atoms with Crippen molar-refractivity contribution in [3.05, 3.63) is 46.1 Å². The van der Waals surface area contributed by atoms with Crippen LogP contribution in [0.3, 0.4) is 0 Å². The summed E-state index contributed by atoms with van der Waals surface area (Å²) in [5.74, 6) is -0.0112. The number of nitrogens with zero attached hydrogens (tertiary/aromatic N) is 2. The summed E-state index contributed by atoms with van der Waals surface area (Å²) in [4.78, 5) is 7.52. The van der Waals surface area contributed by atoms with Crippen molar-refractivity contribution in [1.82, 2.24) is 9.97 Å². The second-order valence-corrected chi connectivity index (χ2v) is 4.51. The van der Waals surface area contributed by atoms with Crippen molar-refractivity contribution < 1.29 is 9.13 Å². The summed E-state index contributed by atoms with van der Waals surface area (Å²) < 4.78 is 20.0. The molecule has 1 heterocycles. The van der Waals surface area contributed by atoms with E-state index in [1.54, 1.807) is 13.0 Å². The molecular weight excluding hydrogens is 287 g/mol. The van der Waals surface area contributed by atoms with Crippen LogP contribution in [0.2, 0.25) is 0 Å². The molecule has 0 spiro atoms. The number of hydrogen-bond acceptors (Lipinski definition) is 3. The molecule has 5 heteroatoms. The summed E-state index contributed by atoms with van der Waals surface area (Å²) in [7, 11) is 0. The molecule has 2 aromatic rings. The maximum atomic E-state index is 13.6. The van der Waals surface area contributed by atoms with Crippen molar-refractivity contribution in [3.8, 4) is 11.6 Å². The van der Waals surface area contributed by atoms with Crippen molar-refractivity contribution >= 4 is 15.9 Å². The van der Waals surface area contributed by atoms with Gasteiger partial charge in [0.1, 0.15) is 12.1 Å². The van der Waals surface area contributed by atoms with Gasteiger partial charge >= 0.3 is 0 Å². The Bertz CT molecular complexity index is 560. The lowest BCUT2D eigenvalue weighted by atomic mass is 10.2. The highest BCUT2D eigenvalue weighted by atomic mass is 79.9. The summed E-state index contributed by atoms with van der Waals surface area (Å²) in [5, 5.41) is 0. The van der Waals surface area contributed by atoms with Gasteiger partial charge in [-0.15, -0.1) is 0 Å². The molecule has 0 bridgehead atoms. The standard InChI is InChI=1S/C12H10BrFN2O/c1-7-5-9(13)3-4-10(7)17-12-11(14)8(2)15-6-16-12/h3-6H,1-2H3. The fourth-order valence-electron chi connectivity index (χ4n) is 1.34. The van der Waals surface area contributed by atoms with Crippen LogP contribution in [0.5, 0.6) is 11.6 Å². The molecule has 88 valence electrons. The fourth-order valence-corrected chi connectivity index (χ4v) is 1.81. The van der Waals surface area contributed by atoms with Crippen molar-refractivity contribution in [2.75, 3.05) is 0 Å². The van der Waals surface area contributed by atoms with E-state index in [1.165, 1.54) is 6.33 Å². The molecule has 0 aliphatic heterocycles. The first-order chi connectivity index (χ1) is 8.08. The van der Waals surface area contributed by atoms with Crippen LogP contribution >= 0.6 is 15.9 Å². The Morgan fingerprint density at radius 1 is 1.24 bits per heavy atom. The van der Waals surface area contributed by atoms with Crippen LogP contribution in [0.15, 0.2) is 29.0 Å². The maximum Gasteiger partial charge on any atom is 0.259 e. The number of hydrogen-bond donors (Lipinski definition) is 0. The number of aromatic nitrogens is 2. The van der Waals surface area contributed by atoms with Crippen molar-refractivity contribution in [2.45, 2.75) is 13.8 Å². The van der Waals surface area contributed by atoms with Crippen molar-refractivity contribution in [3.63, 3.8) is 0 Å². The first-order valence-electron chi connectivity index (χ1n) is 4.99. The molecule has 0 aliphatic rings. The molecule has 0 fully saturated rings. The van der Waals surface area contributed by atoms with Gasteiger partial charge in [0.25, 0.3) is 5.88 Å². The molecule has 0 aliphatic carbocycles. The third-order valence-electron chi connectivity index (χ3n) is 2.28. The van der Waals surface area contributed by atoms with E-state index in [9.17, 15) is 4.39 Å². The molecule has 17 heavy (non-hydrogen) atoms. The maximum absolute atomic E-state index is 13.6. The summed E-state index contributed by atoms with van der Waals surface area (Å²) in [6.45, 7) is 3.45. The Hall–Kier alpha value is -1.49. The monoisotopic (exact) mass is 296 g/mol. The van der Waals surface area contributed by atoms with Gasteiger partial charge in [-0.2, -0.15) is 9.37 Å². The molecule has 1 aromatic heterocycles. The molecular formula is C12H10BrFN2O. The van der Waals surface area contributed by atoms with Crippen LogP contribution in [-0.2, 0) is 0 Å². The van der Waals surface area contributed by atoms with Gasteiger partial charge in [-0.05, 0) is 37.6 Å². The molecule has 3 nitrogen and oxygen atoms in total. The zero-order chi connectivity index (χ0) is 12.4. The van der Waals surface area contributed by atoms with E-state index in [0.29, 0.717) is 5.75 Å². The summed E-state index contributed by atoms with van der Waals surface area (Å²) in [6, 6.07) is 5.48. The molecule has 2 rings (SSSR count). The minimum absolute atomic E-state index is 0.0528. The van der Waals surface area contributed by atoms with E-state index in [-0.39, 0.29) is 11.6 Å². The van der Waals surface area contributed by atoms with E-state index in [2.05, 4.69) is 25.9 Å². The van der Waals surface area contributed by atoms with Gasteiger partial charge in [0.2, 0.25) is 5.82 Å². The number of halogens is 2. The van der Waals surface area contributed by atoms with Gasteiger partial charge in [-0.3, -0.25) is 0 Å². The Kier molecular flexibility index (Phi) is 3.38.